The highest BCUT2D eigenvalue weighted by Crippen LogP contribution is 2.32. The molecule has 0 unspecified atom stereocenters. The summed E-state index contributed by atoms with van der Waals surface area (Å²) in [6, 6.07) is 4.76. The summed E-state index contributed by atoms with van der Waals surface area (Å²) in [5.41, 5.74) is 6.37. The van der Waals surface area contributed by atoms with Crippen LogP contribution in [0.4, 0.5) is 24.8 Å². The van der Waals surface area contributed by atoms with E-state index in [4.69, 9.17) is 22.7 Å². The molecule has 0 saturated heterocycles. The molecule has 0 radical (unpaired) electrons. The molecular weight excluding hydrogens is 423 g/mol. The molecule has 3 aromatic rings. The number of fused-ring (bicyclic) bond motifs is 1. The van der Waals surface area contributed by atoms with E-state index in [-0.39, 0.29) is 39.5 Å². The van der Waals surface area contributed by atoms with Gasteiger partial charge in [-0.15, -0.1) is 0 Å². The van der Waals surface area contributed by atoms with E-state index in [1.807, 2.05) is 0 Å². The Morgan fingerprint density at radius 1 is 1.33 bits per heavy atom. The van der Waals surface area contributed by atoms with Crippen molar-refractivity contribution in [2.45, 2.75) is 13.1 Å². The molecule has 3 rings (SSSR count). The average Bonchev–Trinajstić information content (AvgIpc) is 3.01. The Morgan fingerprint density at radius 3 is 2.73 bits per heavy atom. The molecule has 158 valence electrons. The fraction of sp³-hybridized carbons (Fsp3) is 0.222. The number of hydrogen-bond donors (Lipinski definition) is 5. The van der Waals surface area contributed by atoms with E-state index in [0.29, 0.717) is 23.0 Å². The van der Waals surface area contributed by atoms with Gasteiger partial charge < -0.3 is 21.4 Å². The number of rotatable bonds is 6. The zero-order chi connectivity index (χ0) is 22.1. The van der Waals surface area contributed by atoms with E-state index in [0.717, 1.165) is 6.33 Å². The summed E-state index contributed by atoms with van der Waals surface area (Å²) >= 11 is 6.39. The monoisotopic (exact) mass is 439 g/mol. The predicted octanol–water partition coefficient (Wildman–Crippen LogP) is 3.33. The third kappa shape index (κ3) is 4.30. The van der Waals surface area contributed by atoms with Gasteiger partial charge in [0.15, 0.2) is 0 Å². The molecule has 1 aromatic carbocycles. The SMILES string of the molecule is CCNC(=O)c1ccc2c(Cl)c(C(=N)c3c(N)ncnc3NCC(F)(F)F)[nH]c2c1. The predicted molar refractivity (Wildman–Crippen MR) is 108 cm³/mol. The van der Waals surface area contributed by atoms with Crippen molar-refractivity contribution < 1.29 is 18.0 Å². The largest absolute Gasteiger partial charge is 0.405 e. The Balaban J connectivity index is 2.03. The maximum atomic E-state index is 12.6. The smallest absolute Gasteiger partial charge is 0.383 e. The van der Waals surface area contributed by atoms with Gasteiger partial charge in [-0.1, -0.05) is 17.7 Å². The molecular formula is C18H17ClF3N7O. The lowest BCUT2D eigenvalue weighted by atomic mass is 10.1. The Labute approximate surface area is 173 Å². The topological polar surface area (TPSA) is 133 Å². The number of alkyl halides is 3. The number of hydrogen-bond acceptors (Lipinski definition) is 6. The molecule has 0 bridgehead atoms. The van der Waals surface area contributed by atoms with Crippen LogP contribution in [0.2, 0.25) is 5.02 Å². The van der Waals surface area contributed by atoms with Crippen LogP contribution in [0.25, 0.3) is 10.9 Å². The second-order valence-corrected chi connectivity index (χ2v) is 6.64. The number of aromatic amines is 1. The normalized spacial score (nSPS) is 11.5. The lowest BCUT2D eigenvalue weighted by molar-refractivity contribution is -0.115. The van der Waals surface area contributed by atoms with Gasteiger partial charge in [0.1, 0.15) is 24.5 Å². The van der Waals surface area contributed by atoms with Crippen LogP contribution < -0.4 is 16.4 Å². The number of carbonyl (C=O) groups excluding carboxylic acids is 1. The summed E-state index contributed by atoms with van der Waals surface area (Å²) in [5, 5.41) is 14.0. The number of benzene rings is 1. The van der Waals surface area contributed by atoms with Gasteiger partial charge >= 0.3 is 6.18 Å². The molecule has 0 atom stereocenters. The molecule has 6 N–H and O–H groups in total. The molecule has 1 amide bonds. The van der Waals surface area contributed by atoms with Gasteiger partial charge in [0.2, 0.25) is 0 Å². The van der Waals surface area contributed by atoms with Gasteiger partial charge in [0.05, 0.1) is 22.0 Å². The van der Waals surface area contributed by atoms with Crippen LogP contribution in [-0.4, -0.2) is 45.8 Å². The van der Waals surface area contributed by atoms with Crippen molar-refractivity contribution in [3.63, 3.8) is 0 Å². The Kier molecular flexibility index (Phi) is 5.83. The first-order chi connectivity index (χ1) is 14.1. The van der Waals surface area contributed by atoms with Crippen LogP contribution in [0.15, 0.2) is 24.5 Å². The Hall–Kier alpha value is -3.34. The number of nitrogens with one attached hydrogen (secondary N) is 4. The lowest BCUT2D eigenvalue weighted by Gasteiger charge is -2.14. The van der Waals surface area contributed by atoms with Crippen LogP contribution in [0, 0.1) is 5.41 Å². The van der Waals surface area contributed by atoms with Gasteiger partial charge in [-0.3, -0.25) is 10.2 Å². The number of nitrogen functional groups attached to an aromatic ring is 1. The molecule has 12 heteroatoms. The number of aromatic nitrogens is 3. The first-order valence-electron chi connectivity index (χ1n) is 8.72. The highest BCUT2D eigenvalue weighted by atomic mass is 35.5. The number of amides is 1. The molecule has 0 saturated carbocycles. The van der Waals surface area contributed by atoms with Crippen molar-refractivity contribution in [2.24, 2.45) is 0 Å². The first-order valence-corrected chi connectivity index (χ1v) is 9.10. The minimum atomic E-state index is -4.49. The molecule has 2 heterocycles. The van der Waals surface area contributed by atoms with Gasteiger partial charge in [-0.2, -0.15) is 13.2 Å². The number of nitrogens with zero attached hydrogens (tertiary/aromatic N) is 2. The number of H-pyrrole nitrogens is 1. The molecule has 30 heavy (non-hydrogen) atoms. The fourth-order valence-electron chi connectivity index (χ4n) is 2.83. The highest BCUT2D eigenvalue weighted by molar-refractivity contribution is 6.40. The number of nitrogens with two attached hydrogens (primary N) is 1. The van der Waals surface area contributed by atoms with Gasteiger partial charge in [-0.05, 0) is 19.1 Å². The van der Waals surface area contributed by atoms with Gasteiger partial charge in [0.25, 0.3) is 5.91 Å². The Bertz CT molecular complexity index is 1130. The van der Waals surface area contributed by atoms with Crippen molar-refractivity contribution >= 4 is 45.8 Å². The molecule has 0 aliphatic rings. The molecule has 0 aliphatic heterocycles. The van der Waals surface area contributed by atoms with Crippen molar-refractivity contribution in [1.29, 1.82) is 5.41 Å². The van der Waals surface area contributed by atoms with E-state index in [1.54, 1.807) is 25.1 Å². The molecule has 0 spiro atoms. The summed E-state index contributed by atoms with van der Waals surface area (Å²) in [4.78, 5) is 22.5. The van der Waals surface area contributed by atoms with Crippen LogP contribution in [0.1, 0.15) is 28.5 Å². The van der Waals surface area contributed by atoms with Gasteiger partial charge in [0, 0.05) is 23.0 Å². The summed E-state index contributed by atoms with van der Waals surface area (Å²) in [7, 11) is 0. The average molecular weight is 440 g/mol. The third-order valence-electron chi connectivity index (χ3n) is 4.17. The van der Waals surface area contributed by atoms with Gasteiger partial charge in [-0.25, -0.2) is 9.97 Å². The number of halogens is 4. The van der Waals surface area contributed by atoms with Crippen molar-refractivity contribution in [1.82, 2.24) is 20.3 Å². The minimum absolute atomic E-state index is 0.108. The molecule has 0 fully saturated rings. The summed E-state index contributed by atoms with van der Waals surface area (Å²) < 4.78 is 37.8. The maximum Gasteiger partial charge on any atom is 0.405 e. The van der Waals surface area contributed by atoms with Crippen LogP contribution in [0.5, 0.6) is 0 Å². The zero-order valence-electron chi connectivity index (χ0n) is 15.6. The standard InChI is InChI=1S/C18H17ClF3N7O/c1-2-25-17(30)8-3-4-9-10(5-8)29-14(12(9)19)13(23)11-15(24)27-7-28-16(11)26-6-18(20,21)22/h3-5,7,23,29H,2,6H2,1H3,(H,25,30)(H3,24,26,27,28). The van der Waals surface area contributed by atoms with Crippen molar-refractivity contribution in [3.8, 4) is 0 Å². The van der Waals surface area contributed by atoms with Crippen LogP contribution in [-0.2, 0) is 0 Å². The van der Waals surface area contributed by atoms with E-state index < -0.39 is 12.7 Å². The van der Waals surface area contributed by atoms with Crippen molar-refractivity contribution in [2.75, 3.05) is 24.1 Å². The second-order valence-electron chi connectivity index (χ2n) is 6.26. The minimum Gasteiger partial charge on any atom is -0.383 e. The van der Waals surface area contributed by atoms with Crippen molar-refractivity contribution in [3.05, 3.63) is 46.4 Å². The van der Waals surface area contributed by atoms with E-state index >= 15 is 0 Å². The summed E-state index contributed by atoms with van der Waals surface area (Å²) in [6.45, 7) is 0.886. The number of anilines is 2. The van der Waals surface area contributed by atoms with E-state index in [2.05, 4.69) is 25.6 Å². The molecule has 2 aromatic heterocycles. The highest BCUT2D eigenvalue weighted by Gasteiger charge is 2.29. The zero-order valence-corrected chi connectivity index (χ0v) is 16.4. The maximum absolute atomic E-state index is 12.6. The lowest BCUT2D eigenvalue weighted by Crippen LogP contribution is -2.24. The Morgan fingerprint density at radius 2 is 2.07 bits per heavy atom. The molecule has 0 aliphatic carbocycles. The molecule has 8 nitrogen and oxygen atoms in total. The van der Waals surface area contributed by atoms with E-state index in [9.17, 15) is 18.0 Å². The van der Waals surface area contributed by atoms with Crippen LogP contribution in [0.3, 0.4) is 0 Å². The summed E-state index contributed by atoms with van der Waals surface area (Å²) in [6.07, 6.45) is -3.50. The second kappa shape index (κ2) is 8.19. The quantitative estimate of drug-likeness (QED) is 0.376. The summed E-state index contributed by atoms with van der Waals surface area (Å²) in [5.74, 6) is -0.707. The van der Waals surface area contributed by atoms with E-state index in [1.165, 1.54) is 0 Å². The first kappa shape index (κ1) is 21.4. The van der Waals surface area contributed by atoms with Crippen LogP contribution >= 0.6 is 11.6 Å². The third-order valence-corrected chi connectivity index (χ3v) is 4.56. The number of carbonyl (C=O) groups is 1. The fourth-order valence-corrected chi connectivity index (χ4v) is 3.13.